The zero-order valence-corrected chi connectivity index (χ0v) is 11.7. The third-order valence-electron chi connectivity index (χ3n) is 3.85. The summed E-state index contributed by atoms with van der Waals surface area (Å²) >= 11 is 0. The average molecular weight is 262 g/mol. The number of benzene rings is 1. The predicted molar refractivity (Wildman–Crippen MR) is 76.0 cm³/mol. The molecule has 1 aliphatic carbocycles. The Hall–Kier alpha value is -1.55. The van der Waals surface area contributed by atoms with Crippen molar-refractivity contribution in [3.8, 4) is 0 Å². The van der Waals surface area contributed by atoms with Crippen molar-refractivity contribution in [2.75, 3.05) is 11.9 Å². The van der Waals surface area contributed by atoms with Crippen LogP contribution in [-0.4, -0.2) is 17.7 Å². The molecule has 0 aromatic heterocycles. The summed E-state index contributed by atoms with van der Waals surface area (Å²) in [4.78, 5) is 11.8. The van der Waals surface area contributed by atoms with Gasteiger partial charge in [0.15, 0.2) is 0 Å². The molecule has 1 saturated carbocycles. The molecule has 0 saturated heterocycles. The van der Waals surface area contributed by atoms with E-state index in [4.69, 9.17) is 0 Å². The van der Waals surface area contributed by atoms with Gasteiger partial charge >= 0.3 is 6.03 Å². The molecule has 0 bridgehead atoms. The van der Waals surface area contributed by atoms with E-state index >= 15 is 0 Å². The Morgan fingerprint density at radius 2 is 2.21 bits per heavy atom. The Balaban J connectivity index is 1.83. The molecule has 0 heterocycles. The van der Waals surface area contributed by atoms with Crippen LogP contribution >= 0.6 is 0 Å². The normalized spacial score (nSPS) is 21.6. The number of urea groups is 1. The summed E-state index contributed by atoms with van der Waals surface area (Å²) in [5.41, 5.74) is 1.87. The van der Waals surface area contributed by atoms with Crippen LogP contribution < -0.4 is 10.6 Å². The van der Waals surface area contributed by atoms with E-state index in [2.05, 4.69) is 24.5 Å². The topological polar surface area (TPSA) is 61.4 Å². The summed E-state index contributed by atoms with van der Waals surface area (Å²) in [6, 6.07) is 7.06. The molecule has 0 spiro atoms. The number of aliphatic hydroxyl groups excluding tert-OH is 1. The van der Waals surface area contributed by atoms with Gasteiger partial charge in [0.05, 0.1) is 6.10 Å². The van der Waals surface area contributed by atoms with Crippen molar-refractivity contribution in [3.63, 3.8) is 0 Å². The Morgan fingerprint density at radius 3 is 2.79 bits per heavy atom. The van der Waals surface area contributed by atoms with Crippen LogP contribution in [0, 0.1) is 11.3 Å². The first kappa shape index (κ1) is 13.9. The summed E-state index contributed by atoms with van der Waals surface area (Å²) < 4.78 is 0. The van der Waals surface area contributed by atoms with Gasteiger partial charge in [0.25, 0.3) is 0 Å². The minimum atomic E-state index is -0.530. The van der Waals surface area contributed by atoms with Crippen molar-refractivity contribution in [1.29, 1.82) is 0 Å². The molecule has 0 aliphatic heterocycles. The highest BCUT2D eigenvalue weighted by atomic mass is 16.3. The molecule has 0 radical (unpaired) electrons. The molecule has 4 heteroatoms. The molecular weight excluding hydrogens is 240 g/mol. The minimum Gasteiger partial charge on any atom is -0.389 e. The molecular formula is C15H22N2O2. The highest BCUT2D eigenvalue weighted by Crippen LogP contribution is 2.50. The van der Waals surface area contributed by atoms with E-state index < -0.39 is 6.10 Å². The van der Waals surface area contributed by atoms with Gasteiger partial charge in [-0.3, -0.25) is 0 Å². The fourth-order valence-corrected chi connectivity index (χ4v) is 2.19. The van der Waals surface area contributed by atoms with Crippen molar-refractivity contribution < 1.29 is 9.90 Å². The first-order chi connectivity index (χ1) is 8.88. The van der Waals surface area contributed by atoms with E-state index in [0.29, 0.717) is 17.0 Å². The molecule has 1 aromatic carbocycles. The predicted octanol–water partition coefficient (Wildman–Crippen LogP) is 2.91. The fraction of sp³-hybridized carbons (Fsp3) is 0.533. The maximum absolute atomic E-state index is 11.8. The molecule has 19 heavy (non-hydrogen) atoms. The van der Waals surface area contributed by atoms with Gasteiger partial charge in [-0.2, -0.15) is 0 Å². The summed E-state index contributed by atoms with van der Waals surface area (Å²) in [6.45, 7) is 6.84. The first-order valence-corrected chi connectivity index (χ1v) is 6.71. The number of nitrogens with one attached hydrogen (secondary N) is 2. The molecule has 2 atom stereocenters. The molecule has 2 amide bonds. The van der Waals surface area contributed by atoms with Crippen molar-refractivity contribution in [2.24, 2.45) is 11.3 Å². The van der Waals surface area contributed by atoms with Crippen LogP contribution in [-0.2, 0) is 0 Å². The van der Waals surface area contributed by atoms with Crippen LogP contribution in [0.5, 0.6) is 0 Å². The monoisotopic (exact) mass is 262 g/mol. The Labute approximate surface area is 114 Å². The van der Waals surface area contributed by atoms with Crippen LogP contribution in [0.15, 0.2) is 24.3 Å². The summed E-state index contributed by atoms with van der Waals surface area (Å²) in [5, 5.41) is 15.2. The first-order valence-electron chi connectivity index (χ1n) is 6.71. The molecule has 1 aromatic rings. The largest absolute Gasteiger partial charge is 0.389 e. The second-order valence-electron chi connectivity index (χ2n) is 6.03. The second-order valence-corrected chi connectivity index (χ2v) is 6.03. The highest BCUT2D eigenvalue weighted by Gasteiger charge is 2.45. The lowest BCUT2D eigenvalue weighted by Crippen LogP contribution is -2.31. The molecule has 104 valence electrons. The Morgan fingerprint density at radius 1 is 1.53 bits per heavy atom. The van der Waals surface area contributed by atoms with Gasteiger partial charge in [-0.15, -0.1) is 0 Å². The Bertz CT molecular complexity index is 469. The van der Waals surface area contributed by atoms with E-state index in [1.54, 1.807) is 13.0 Å². The van der Waals surface area contributed by atoms with Crippen LogP contribution in [0.1, 0.15) is 38.9 Å². The van der Waals surface area contributed by atoms with E-state index in [1.807, 2.05) is 18.2 Å². The van der Waals surface area contributed by atoms with Crippen molar-refractivity contribution in [1.82, 2.24) is 5.32 Å². The standard InChI is InChI=1S/C15H22N2O2/c1-10(18)11-5-4-6-13(7-11)17-14(19)16-9-12-8-15(12,2)3/h4-7,10,12,18H,8-9H2,1-3H3,(H2,16,17,19). The maximum Gasteiger partial charge on any atom is 0.319 e. The number of hydrogen-bond donors (Lipinski definition) is 3. The zero-order valence-electron chi connectivity index (χ0n) is 11.7. The second kappa shape index (κ2) is 5.21. The van der Waals surface area contributed by atoms with Gasteiger partial charge in [-0.1, -0.05) is 26.0 Å². The Kier molecular flexibility index (Phi) is 3.80. The van der Waals surface area contributed by atoms with Gasteiger partial charge in [0.1, 0.15) is 0 Å². The fourth-order valence-electron chi connectivity index (χ4n) is 2.19. The van der Waals surface area contributed by atoms with Crippen LogP contribution in [0.2, 0.25) is 0 Å². The van der Waals surface area contributed by atoms with E-state index in [0.717, 1.165) is 12.1 Å². The van der Waals surface area contributed by atoms with Crippen LogP contribution in [0.4, 0.5) is 10.5 Å². The minimum absolute atomic E-state index is 0.189. The van der Waals surface area contributed by atoms with Gasteiger partial charge < -0.3 is 15.7 Å². The van der Waals surface area contributed by atoms with Crippen molar-refractivity contribution in [3.05, 3.63) is 29.8 Å². The number of hydrogen-bond acceptors (Lipinski definition) is 2. The molecule has 2 rings (SSSR count). The lowest BCUT2D eigenvalue weighted by Gasteiger charge is -2.10. The number of carbonyl (C=O) groups excluding carboxylic acids is 1. The maximum atomic E-state index is 11.8. The quantitative estimate of drug-likeness (QED) is 0.781. The van der Waals surface area contributed by atoms with Crippen LogP contribution in [0.3, 0.4) is 0 Å². The van der Waals surface area contributed by atoms with Crippen molar-refractivity contribution >= 4 is 11.7 Å². The third kappa shape index (κ3) is 3.70. The summed E-state index contributed by atoms with van der Waals surface area (Å²) in [7, 11) is 0. The van der Waals surface area contributed by atoms with Gasteiger partial charge in [0, 0.05) is 12.2 Å². The highest BCUT2D eigenvalue weighted by molar-refractivity contribution is 5.89. The smallest absolute Gasteiger partial charge is 0.319 e. The molecule has 1 fully saturated rings. The average Bonchev–Trinajstić information content (AvgIpc) is 2.95. The SMILES string of the molecule is CC(O)c1cccc(NC(=O)NCC2CC2(C)C)c1. The van der Waals surface area contributed by atoms with Gasteiger partial charge in [-0.05, 0) is 42.4 Å². The number of amides is 2. The van der Waals surface area contributed by atoms with Crippen LogP contribution in [0.25, 0.3) is 0 Å². The lowest BCUT2D eigenvalue weighted by molar-refractivity contribution is 0.199. The number of anilines is 1. The summed E-state index contributed by atoms with van der Waals surface area (Å²) in [5.74, 6) is 0.585. The number of aliphatic hydroxyl groups is 1. The van der Waals surface area contributed by atoms with Crippen molar-refractivity contribution in [2.45, 2.75) is 33.3 Å². The number of carbonyl (C=O) groups is 1. The molecule has 3 N–H and O–H groups in total. The molecule has 1 aliphatic rings. The zero-order chi connectivity index (χ0) is 14.0. The van der Waals surface area contributed by atoms with E-state index in [1.165, 1.54) is 6.42 Å². The van der Waals surface area contributed by atoms with Gasteiger partial charge in [-0.25, -0.2) is 4.79 Å². The van der Waals surface area contributed by atoms with E-state index in [-0.39, 0.29) is 6.03 Å². The third-order valence-corrected chi connectivity index (χ3v) is 3.85. The van der Waals surface area contributed by atoms with E-state index in [9.17, 15) is 9.90 Å². The number of rotatable bonds is 4. The van der Waals surface area contributed by atoms with Gasteiger partial charge in [0.2, 0.25) is 0 Å². The summed E-state index contributed by atoms with van der Waals surface area (Å²) in [6.07, 6.45) is 0.641. The lowest BCUT2D eigenvalue weighted by atomic mass is 10.1. The molecule has 2 unspecified atom stereocenters. The molecule has 4 nitrogen and oxygen atoms in total.